The number of sulfonamides is 1. The minimum atomic E-state index is -3.65. The molecule has 0 radical (unpaired) electrons. The molecule has 9 heteroatoms. The molecular formula is C22H21N3O5S. The Balaban J connectivity index is 1.67. The van der Waals surface area contributed by atoms with Crippen molar-refractivity contribution in [1.82, 2.24) is 14.6 Å². The number of carbonyl (C=O) groups excluding carboxylic acids is 2. The highest BCUT2D eigenvalue weighted by Gasteiger charge is 2.25. The molecule has 0 bridgehead atoms. The zero-order valence-electron chi connectivity index (χ0n) is 16.8. The molecule has 1 aliphatic rings. The van der Waals surface area contributed by atoms with Crippen LogP contribution in [0.4, 0.5) is 0 Å². The van der Waals surface area contributed by atoms with Gasteiger partial charge in [-0.1, -0.05) is 12.1 Å². The van der Waals surface area contributed by atoms with Gasteiger partial charge >= 0.3 is 0 Å². The second-order valence-electron chi connectivity index (χ2n) is 7.56. The number of nitrogens with one attached hydrogen (secondary N) is 1. The van der Waals surface area contributed by atoms with Crippen molar-refractivity contribution in [3.05, 3.63) is 65.9 Å². The van der Waals surface area contributed by atoms with Crippen LogP contribution in [0, 0.1) is 0 Å². The van der Waals surface area contributed by atoms with Gasteiger partial charge in [0.15, 0.2) is 0 Å². The van der Waals surface area contributed by atoms with Crippen LogP contribution in [0.3, 0.4) is 0 Å². The number of β-amino-alcohol motifs (C(OH)–C–C–N with tert-alkyl or cyclic N) is 1. The Hall–Kier alpha value is -3.30. The predicted octanol–water partition coefficient (Wildman–Crippen LogP) is 1.80. The van der Waals surface area contributed by atoms with E-state index >= 15 is 0 Å². The van der Waals surface area contributed by atoms with Crippen molar-refractivity contribution >= 4 is 32.7 Å². The highest BCUT2D eigenvalue weighted by Crippen LogP contribution is 2.29. The molecule has 3 aromatic rings. The Morgan fingerprint density at radius 2 is 1.81 bits per heavy atom. The maximum Gasteiger partial charge on any atom is 0.264 e. The van der Waals surface area contributed by atoms with Crippen LogP contribution in [-0.4, -0.2) is 60.7 Å². The summed E-state index contributed by atoms with van der Waals surface area (Å²) in [5.41, 5.74) is 3.08. The van der Waals surface area contributed by atoms with Gasteiger partial charge in [-0.2, -0.15) is 0 Å². The molecule has 1 aromatic heterocycles. The molecule has 4 rings (SSSR count). The van der Waals surface area contributed by atoms with E-state index in [9.17, 15) is 23.1 Å². The van der Waals surface area contributed by atoms with Crippen molar-refractivity contribution in [2.24, 2.45) is 0 Å². The van der Waals surface area contributed by atoms with Crippen LogP contribution >= 0.6 is 0 Å². The van der Waals surface area contributed by atoms with E-state index in [-0.39, 0.29) is 11.5 Å². The Kier molecular flexibility index (Phi) is 5.47. The molecule has 160 valence electrons. The summed E-state index contributed by atoms with van der Waals surface area (Å²) in [4.78, 5) is 30.9. The fraction of sp³-hybridized carbons (Fsp3) is 0.227. The number of aromatic nitrogens is 1. The van der Waals surface area contributed by atoms with Gasteiger partial charge in [0.1, 0.15) is 0 Å². The summed E-state index contributed by atoms with van der Waals surface area (Å²) in [6.07, 6.45) is 2.68. The van der Waals surface area contributed by atoms with E-state index < -0.39 is 22.0 Å². The maximum atomic E-state index is 12.8. The van der Waals surface area contributed by atoms with Crippen LogP contribution in [0.5, 0.6) is 0 Å². The number of carbonyl (C=O) groups is 2. The summed E-state index contributed by atoms with van der Waals surface area (Å²) in [6.45, 7) is 0.850. The first-order valence-electron chi connectivity index (χ1n) is 9.70. The monoisotopic (exact) mass is 439 g/mol. The van der Waals surface area contributed by atoms with E-state index in [1.807, 2.05) is 10.8 Å². The van der Waals surface area contributed by atoms with Crippen molar-refractivity contribution in [3.8, 4) is 11.1 Å². The van der Waals surface area contributed by atoms with Crippen molar-refractivity contribution in [2.45, 2.75) is 12.5 Å². The molecule has 0 aliphatic carbocycles. The minimum absolute atomic E-state index is 0.138. The first kappa shape index (κ1) is 21.0. The second-order valence-corrected chi connectivity index (χ2v) is 9.31. The first-order chi connectivity index (χ1) is 14.7. The number of pyridine rings is 1. The van der Waals surface area contributed by atoms with Crippen LogP contribution in [0.15, 0.2) is 54.7 Å². The third-order valence-corrected chi connectivity index (χ3v) is 5.73. The zero-order chi connectivity index (χ0) is 22.2. The van der Waals surface area contributed by atoms with E-state index in [4.69, 9.17) is 0 Å². The topological polar surface area (TPSA) is 117 Å². The van der Waals surface area contributed by atoms with Gasteiger partial charge in [-0.25, -0.2) is 13.1 Å². The van der Waals surface area contributed by atoms with E-state index in [0.29, 0.717) is 25.1 Å². The molecule has 2 N–H and O–H groups in total. The number of benzene rings is 2. The Morgan fingerprint density at radius 3 is 2.45 bits per heavy atom. The standard InChI is InChI=1S/C22H21N3O5S/c1-31(29,30)24-21(27)15-4-2-14(3-5-15)18-8-10-23-20-7-6-16(12-19(18)20)22(28)25-11-9-17(26)13-25/h2-8,10,12,17,26H,9,11,13H2,1H3,(H,24,27). The van der Waals surface area contributed by atoms with Crippen LogP contribution in [0.25, 0.3) is 22.0 Å². The number of rotatable bonds is 4. The van der Waals surface area contributed by atoms with Crippen LogP contribution in [-0.2, 0) is 10.0 Å². The van der Waals surface area contributed by atoms with Gasteiger partial charge in [0.2, 0.25) is 10.0 Å². The molecule has 2 aromatic carbocycles. The second kappa shape index (κ2) is 8.09. The summed E-state index contributed by atoms with van der Waals surface area (Å²) < 4.78 is 24.5. The number of amides is 2. The Bertz CT molecular complexity index is 1270. The molecule has 0 saturated carbocycles. The molecule has 0 spiro atoms. The lowest BCUT2D eigenvalue weighted by molar-refractivity contribution is 0.0765. The van der Waals surface area contributed by atoms with Gasteiger partial charge in [-0.3, -0.25) is 14.6 Å². The van der Waals surface area contributed by atoms with Crippen molar-refractivity contribution in [3.63, 3.8) is 0 Å². The van der Waals surface area contributed by atoms with E-state index in [1.165, 1.54) is 0 Å². The van der Waals surface area contributed by atoms with E-state index in [2.05, 4.69) is 4.98 Å². The minimum Gasteiger partial charge on any atom is -0.391 e. The number of hydrogen-bond donors (Lipinski definition) is 2. The molecule has 1 saturated heterocycles. The summed E-state index contributed by atoms with van der Waals surface area (Å²) in [5.74, 6) is -0.838. The lowest BCUT2D eigenvalue weighted by Gasteiger charge is -2.16. The van der Waals surface area contributed by atoms with Crippen molar-refractivity contribution in [2.75, 3.05) is 19.3 Å². The number of aliphatic hydroxyl groups excluding tert-OH is 1. The van der Waals surface area contributed by atoms with Crippen molar-refractivity contribution in [1.29, 1.82) is 0 Å². The van der Waals surface area contributed by atoms with E-state index in [1.54, 1.807) is 53.6 Å². The molecular weight excluding hydrogens is 418 g/mol. The summed E-state index contributed by atoms with van der Waals surface area (Å²) in [7, 11) is -3.65. The van der Waals surface area contributed by atoms with Crippen LogP contribution in [0.2, 0.25) is 0 Å². The molecule has 8 nitrogen and oxygen atoms in total. The quantitative estimate of drug-likeness (QED) is 0.640. The lowest BCUT2D eigenvalue weighted by Crippen LogP contribution is -2.29. The average Bonchev–Trinajstić information content (AvgIpc) is 3.17. The molecule has 1 atom stereocenters. The van der Waals surface area contributed by atoms with Crippen LogP contribution in [0.1, 0.15) is 27.1 Å². The summed E-state index contributed by atoms with van der Waals surface area (Å²) in [5, 5.41) is 10.5. The highest BCUT2D eigenvalue weighted by atomic mass is 32.2. The number of fused-ring (bicyclic) bond motifs is 1. The smallest absolute Gasteiger partial charge is 0.264 e. The average molecular weight is 439 g/mol. The summed E-state index contributed by atoms with van der Waals surface area (Å²) in [6, 6.07) is 13.6. The number of nitrogens with zero attached hydrogens (tertiary/aromatic N) is 2. The van der Waals surface area contributed by atoms with Crippen LogP contribution < -0.4 is 4.72 Å². The van der Waals surface area contributed by atoms with Gasteiger partial charge < -0.3 is 10.0 Å². The normalized spacial score (nSPS) is 16.5. The molecule has 1 aliphatic heterocycles. The number of likely N-dealkylation sites (tertiary alicyclic amines) is 1. The Morgan fingerprint density at radius 1 is 1.10 bits per heavy atom. The number of hydrogen-bond acceptors (Lipinski definition) is 6. The van der Waals surface area contributed by atoms with Gasteiger partial charge in [0, 0.05) is 35.8 Å². The molecule has 31 heavy (non-hydrogen) atoms. The van der Waals surface area contributed by atoms with Gasteiger partial charge in [-0.05, 0) is 53.9 Å². The molecule has 1 unspecified atom stereocenters. The van der Waals surface area contributed by atoms with Gasteiger partial charge in [0.05, 0.1) is 17.9 Å². The fourth-order valence-electron chi connectivity index (χ4n) is 3.67. The van der Waals surface area contributed by atoms with Gasteiger partial charge in [-0.15, -0.1) is 0 Å². The first-order valence-corrected chi connectivity index (χ1v) is 11.6. The maximum absolute atomic E-state index is 12.8. The molecule has 2 heterocycles. The van der Waals surface area contributed by atoms with Gasteiger partial charge in [0.25, 0.3) is 11.8 Å². The largest absolute Gasteiger partial charge is 0.391 e. The molecule has 1 fully saturated rings. The fourth-order valence-corrected chi connectivity index (χ4v) is 4.12. The lowest BCUT2D eigenvalue weighted by atomic mass is 9.98. The third kappa shape index (κ3) is 4.57. The molecule has 2 amide bonds. The predicted molar refractivity (Wildman–Crippen MR) is 116 cm³/mol. The van der Waals surface area contributed by atoms with Crippen molar-refractivity contribution < 1.29 is 23.1 Å². The van der Waals surface area contributed by atoms with E-state index in [0.717, 1.165) is 28.3 Å². The number of aliphatic hydroxyl groups is 1. The summed E-state index contributed by atoms with van der Waals surface area (Å²) >= 11 is 0. The Labute approximate surface area is 179 Å². The zero-order valence-corrected chi connectivity index (χ0v) is 17.6. The highest BCUT2D eigenvalue weighted by molar-refractivity contribution is 7.89. The SMILES string of the molecule is CS(=O)(=O)NC(=O)c1ccc(-c2ccnc3ccc(C(=O)N4CCC(O)C4)cc23)cc1. The third-order valence-electron chi connectivity index (χ3n) is 5.18.